The number of urea groups is 1. The molecule has 1 saturated heterocycles. The number of hydrogen-bond donors (Lipinski definition) is 2. The average Bonchev–Trinajstić information content (AvgIpc) is 2.55. The molecule has 0 aromatic heterocycles. The van der Waals surface area contributed by atoms with E-state index in [9.17, 15) is 14.4 Å². The second kappa shape index (κ2) is 5.13. The average molecular weight is 296 g/mol. The maximum absolute atomic E-state index is 11.9. The Morgan fingerprint density at radius 3 is 2.40 bits per heavy atom. The Bertz CT molecular complexity index is 569. The van der Waals surface area contributed by atoms with Crippen LogP contribution >= 0.6 is 11.6 Å². The van der Waals surface area contributed by atoms with Crippen LogP contribution in [0, 0.1) is 0 Å². The second-order valence-corrected chi connectivity index (χ2v) is 5.44. The van der Waals surface area contributed by atoms with Crippen LogP contribution in [0.1, 0.15) is 13.8 Å². The lowest BCUT2D eigenvalue weighted by molar-refractivity contribution is -0.132. The van der Waals surface area contributed by atoms with Gasteiger partial charge in [-0.2, -0.15) is 0 Å². The van der Waals surface area contributed by atoms with E-state index in [-0.39, 0.29) is 6.54 Å². The third-order valence-electron chi connectivity index (χ3n) is 2.87. The molecule has 0 spiro atoms. The zero-order valence-corrected chi connectivity index (χ0v) is 11.8. The van der Waals surface area contributed by atoms with E-state index < -0.39 is 23.4 Å². The number of imide groups is 1. The van der Waals surface area contributed by atoms with Gasteiger partial charge in [0.15, 0.2) is 0 Å². The lowest BCUT2D eigenvalue weighted by atomic mass is 10.1. The van der Waals surface area contributed by atoms with Crippen LogP contribution in [-0.2, 0) is 9.59 Å². The molecule has 1 aliphatic heterocycles. The van der Waals surface area contributed by atoms with Gasteiger partial charge in [-0.05, 0) is 38.1 Å². The van der Waals surface area contributed by atoms with Crippen molar-refractivity contribution in [3.05, 3.63) is 29.3 Å². The van der Waals surface area contributed by atoms with E-state index in [1.165, 1.54) is 0 Å². The summed E-state index contributed by atoms with van der Waals surface area (Å²) in [4.78, 5) is 36.3. The number of hydrogen-bond acceptors (Lipinski definition) is 3. The van der Waals surface area contributed by atoms with Crippen LogP contribution < -0.4 is 10.6 Å². The van der Waals surface area contributed by atoms with Crippen LogP contribution in [0.15, 0.2) is 24.3 Å². The molecule has 0 atom stereocenters. The lowest BCUT2D eigenvalue weighted by Gasteiger charge is -2.15. The van der Waals surface area contributed by atoms with Crippen molar-refractivity contribution in [2.24, 2.45) is 0 Å². The molecule has 106 valence electrons. The first-order valence-electron chi connectivity index (χ1n) is 5.99. The van der Waals surface area contributed by atoms with Gasteiger partial charge in [-0.3, -0.25) is 14.5 Å². The van der Waals surface area contributed by atoms with Crippen LogP contribution in [0.25, 0.3) is 0 Å². The predicted octanol–water partition coefficient (Wildman–Crippen LogP) is 1.61. The van der Waals surface area contributed by atoms with Gasteiger partial charge < -0.3 is 10.6 Å². The molecule has 4 amide bonds. The molecular formula is C13H14ClN3O3. The van der Waals surface area contributed by atoms with Crippen molar-refractivity contribution in [1.29, 1.82) is 0 Å². The van der Waals surface area contributed by atoms with Gasteiger partial charge in [0.2, 0.25) is 5.91 Å². The number of anilines is 1. The van der Waals surface area contributed by atoms with Crippen molar-refractivity contribution in [1.82, 2.24) is 10.2 Å². The Labute approximate surface area is 121 Å². The molecule has 2 rings (SSSR count). The highest BCUT2D eigenvalue weighted by Crippen LogP contribution is 2.17. The minimum atomic E-state index is -0.975. The van der Waals surface area contributed by atoms with E-state index >= 15 is 0 Å². The van der Waals surface area contributed by atoms with Crippen molar-refractivity contribution in [3.8, 4) is 0 Å². The summed E-state index contributed by atoms with van der Waals surface area (Å²) in [5.74, 6) is -0.873. The van der Waals surface area contributed by atoms with Gasteiger partial charge in [0.25, 0.3) is 5.91 Å². The van der Waals surface area contributed by atoms with Gasteiger partial charge in [0.1, 0.15) is 12.1 Å². The van der Waals surface area contributed by atoms with E-state index in [1.807, 2.05) is 0 Å². The monoisotopic (exact) mass is 295 g/mol. The summed E-state index contributed by atoms with van der Waals surface area (Å²) in [6.45, 7) is 2.85. The molecule has 1 aliphatic rings. The number of nitrogens with zero attached hydrogens (tertiary/aromatic N) is 1. The van der Waals surface area contributed by atoms with Gasteiger partial charge in [-0.1, -0.05) is 11.6 Å². The maximum Gasteiger partial charge on any atom is 0.325 e. The third-order valence-corrected chi connectivity index (χ3v) is 3.13. The van der Waals surface area contributed by atoms with Crippen molar-refractivity contribution in [3.63, 3.8) is 0 Å². The number of carbonyl (C=O) groups is 3. The molecule has 0 aliphatic carbocycles. The zero-order chi connectivity index (χ0) is 14.9. The molecule has 1 heterocycles. The fourth-order valence-electron chi connectivity index (χ4n) is 1.84. The Morgan fingerprint density at radius 1 is 1.30 bits per heavy atom. The number of amides is 4. The Balaban J connectivity index is 2.00. The lowest BCUT2D eigenvalue weighted by Crippen LogP contribution is -2.41. The smallest absolute Gasteiger partial charge is 0.325 e. The first kappa shape index (κ1) is 14.3. The first-order chi connectivity index (χ1) is 9.29. The molecule has 1 aromatic carbocycles. The highest BCUT2D eigenvalue weighted by Gasteiger charge is 2.44. The summed E-state index contributed by atoms with van der Waals surface area (Å²) in [5.41, 5.74) is -0.428. The van der Waals surface area contributed by atoms with Crippen molar-refractivity contribution in [2.45, 2.75) is 19.4 Å². The van der Waals surface area contributed by atoms with E-state index in [2.05, 4.69) is 10.6 Å². The molecule has 2 N–H and O–H groups in total. The number of benzene rings is 1. The van der Waals surface area contributed by atoms with Crippen LogP contribution in [0.2, 0.25) is 5.02 Å². The summed E-state index contributed by atoms with van der Waals surface area (Å²) in [6.07, 6.45) is 0. The van der Waals surface area contributed by atoms with Crippen LogP contribution in [-0.4, -0.2) is 34.8 Å². The first-order valence-corrected chi connectivity index (χ1v) is 6.37. The molecule has 0 bridgehead atoms. The van der Waals surface area contributed by atoms with E-state index in [0.717, 1.165) is 4.90 Å². The standard InChI is InChI=1S/C13H14ClN3O3/c1-13(2)11(19)17(12(20)16-13)7-10(18)15-9-5-3-8(14)4-6-9/h3-6H,7H2,1-2H3,(H,15,18)(H,16,20). The summed E-state index contributed by atoms with van der Waals surface area (Å²) in [6, 6.07) is 5.97. The Hall–Kier alpha value is -2.08. The molecule has 20 heavy (non-hydrogen) atoms. The highest BCUT2D eigenvalue weighted by molar-refractivity contribution is 6.30. The van der Waals surface area contributed by atoms with Crippen LogP contribution in [0.3, 0.4) is 0 Å². The summed E-state index contributed by atoms with van der Waals surface area (Å²) < 4.78 is 0. The SMILES string of the molecule is CC1(C)NC(=O)N(CC(=O)Nc2ccc(Cl)cc2)C1=O. The normalized spacial score (nSPS) is 17.1. The molecule has 0 radical (unpaired) electrons. The zero-order valence-electron chi connectivity index (χ0n) is 11.1. The molecule has 0 unspecified atom stereocenters. The molecule has 6 nitrogen and oxygen atoms in total. The second-order valence-electron chi connectivity index (χ2n) is 5.00. The Morgan fingerprint density at radius 2 is 1.90 bits per heavy atom. The maximum atomic E-state index is 11.9. The van der Waals surface area contributed by atoms with Crippen molar-refractivity contribution < 1.29 is 14.4 Å². The minimum Gasteiger partial charge on any atom is -0.325 e. The van der Waals surface area contributed by atoms with Gasteiger partial charge in [-0.15, -0.1) is 0 Å². The predicted molar refractivity (Wildman–Crippen MR) is 74.4 cm³/mol. The summed E-state index contributed by atoms with van der Waals surface area (Å²) in [5, 5.41) is 5.66. The van der Waals surface area contributed by atoms with Gasteiger partial charge in [0.05, 0.1) is 0 Å². The molecule has 1 fully saturated rings. The summed E-state index contributed by atoms with van der Waals surface area (Å²) in [7, 11) is 0. The van der Waals surface area contributed by atoms with Crippen LogP contribution in [0.5, 0.6) is 0 Å². The van der Waals surface area contributed by atoms with E-state index in [1.54, 1.807) is 38.1 Å². The molecule has 1 aromatic rings. The number of carbonyl (C=O) groups excluding carboxylic acids is 3. The highest BCUT2D eigenvalue weighted by atomic mass is 35.5. The minimum absolute atomic E-state index is 0.323. The number of rotatable bonds is 3. The van der Waals surface area contributed by atoms with E-state index in [4.69, 9.17) is 11.6 Å². The largest absolute Gasteiger partial charge is 0.325 e. The summed E-state index contributed by atoms with van der Waals surface area (Å²) >= 11 is 5.74. The quantitative estimate of drug-likeness (QED) is 0.832. The fraction of sp³-hybridized carbons (Fsp3) is 0.308. The van der Waals surface area contributed by atoms with Gasteiger partial charge in [0, 0.05) is 10.7 Å². The Kier molecular flexibility index (Phi) is 3.67. The molecular weight excluding hydrogens is 282 g/mol. The number of halogens is 1. The van der Waals surface area contributed by atoms with Crippen molar-refractivity contribution in [2.75, 3.05) is 11.9 Å². The van der Waals surface area contributed by atoms with Gasteiger partial charge in [-0.25, -0.2) is 4.79 Å². The topological polar surface area (TPSA) is 78.5 Å². The fourth-order valence-corrected chi connectivity index (χ4v) is 1.96. The number of nitrogens with one attached hydrogen (secondary N) is 2. The van der Waals surface area contributed by atoms with E-state index in [0.29, 0.717) is 10.7 Å². The van der Waals surface area contributed by atoms with Gasteiger partial charge >= 0.3 is 6.03 Å². The molecule has 7 heteroatoms. The van der Waals surface area contributed by atoms with Crippen molar-refractivity contribution >= 4 is 35.1 Å². The third kappa shape index (κ3) is 2.91. The van der Waals surface area contributed by atoms with Crippen LogP contribution in [0.4, 0.5) is 10.5 Å². The molecule has 0 saturated carbocycles.